The van der Waals surface area contributed by atoms with Crippen molar-refractivity contribution >= 4 is 59.6 Å². The van der Waals surface area contributed by atoms with E-state index in [4.69, 9.17) is 0 Å². The molecule has 0 aliphatic rings. The highest BCUT2D eigenvalue weighted by atomic mass is 79.9. The summed E-state index contributed by atoms with van der Waals surface area (Å²) in [7, 11) is 0. The number of hydrogen-bond acceptors (Lipinski definition) is 1. The van der Waals surface area contributed by atoms with Gasteiger partial charge in [-0.2, -0.15) is 11.8 Å². The molecule has 0 fully saturated rings. The van der Waals surface area contributed by atoms with Crippen LogP contribution in [0.3, 0.4) is 0 Å². The second-order valence-electron chi connectivity index (χ2n) is 4.15. The van der Waals surface area contributed by atoms with E-state index in [1.807, 2.05) is 11.8 Å². The third kappa shape index (κ3) is 4.55. The average molecular weight is 445 g/mol. The monoisotopic (exact) mass is 442 g/mol. The molecule has 0 radical (unpaired) electrons. The van der Waals surface area contributed by atoms with E-state index in [0.717, 1.165) is 15.1 Å². The van der Waals surface area contributed by atoms with Gasteiger partial charge in [0.1, 0.15) is 0 Å². The van der Waals surface area contributed by atoms with Crippen molar-refractivity contribution in [1.82, 2.24) is 0 Å². The van der Waals surface area contributed by atoms with Crippen LogP contribution in [0.15, 0.2) is 28.7 Å². The topological polar surface area (TPSA) is 0 Å². The lowest BCUT2D eigenvalue weighted by atomic mass is 9.80. The maximum Gasteiger partial charge on any atom is 0.0178 e. The predicted octanol–water partition coefficient (Wildman–Crippen LogP) is 5.62. The van der Waals surface area contributed by atoms with Gasteiger partial charge in [-0.05, 0) is 42.5 Å². The summed E-state index contributed by atoms with van der Waals surface area (Å²) in [6.07, 6.45) is 4.63. The summed E-state index contributed by atoms with van der Waals surface area (Å²) in [5.41, 5.74) is 1.61. The van der Waals surface area contributed by atoms with E-state index in [-0.39, 0.29) is 5.41 Å². The first-order valence-corrected chi connectivity index (χ1v) is 9.98. The zero-order chi connectivity index (χ0) is 12.7. The van der Waals surface area contributed by atoms with Gasteiger partial charge in [0, 0.05) is 20.5 Å². The Bertz CT molecular complexity index is 337. The molecule has 17 heavy (non-hydrogen) atoms. The molecule has 0 aromatic heterocycles. The summed E-state index contributed by atoms with van der Waals surface area (Å²) in [6.45, 7) is 0. The molecule has 4 heteroatoms. The van der Waals surface area contributed by atoms with Crippen LogP contribution in [0, 0.1) is 0 Å². The van der Waals surface area contributed by atoms with Crippen LogP contribution < -0.4 is 0 Å². The molecular formula is C13H17Br3S. The standard InChI is InChI=1S/C13H17Br3S/c1-17-7-3-6-13(9-14,10-15)11-4-2-5-12(16)8-11/h2,4-5,8H,3,6-7,9-10H2,1H3. The van der Waals surface area contributed by atoms with Crippen LogP contribution in [-0.4, -0.2) is 22.7 Å². The van der Waals surface area contributed by atoms with Gasteiger partial charge in [0.15, 0.2) is 0 Å². The van der Waals surface area contributed by atoms with Crippen LogP contribution in [0.1, 0.15) is 18.4 Å². The third-order valence-electron chi connectivity index (χ3n) is 2.95. The SMILES string of the molecule is CSCCCC(CBr)(CBr)c1cccc(Br)c1. The Labute approximate surface area is 134 Å². The Morgan fingerprint density at radius 3 is 2.47 bits per heavy atom. The summed E-state index contributed by atoms with van der Waals surface area (Å²) < 4.78 is 1.16. The summed E-state index contributed by atoms with van der Waals surface area (Å²) in [5.74, 6) is 1.23. The Kier molecular flexibility index (Phi) is 7.78. The molecule has 1 aromatic carbocycles. The van der Waals surface area contributed by atoms with E-state index >= 15 is 0 Å². The third-order valence-corrected chi connectivity index (χ3v) is 6.29. The molecule has 0 amide bonds. The molecule has 0 saturated heterocycles. The van der Waals surface area contributed by atoms with Crippen LogP contribution >= 0.6 is 59.6 Å². The van der Waals surface area contributed by atoms with Gasteiger partial charge in [-0.1, -0.05) is 59.9 Å². The largest absolute Gasteiger partial charge is 0.165 e. The number of rotatable bonds is 7. The lowest BCUT2D eigenvalue weighted by Gasteiger charge is -2.31. The molecule has 0 bridgehead atoms. The first kappa shape index (κ1) is 16.1. The van der Waals surface area contributed by atoms with Gasteiger partial charge < -0.3 is 0 Å². The van der Waals surface area contributed by atoms with E-state index < -0.39 is 0 Å². The van der Waals surface area contributed by atoms with E-state index in [9.17, 15) is 0 Å². The van der Waals surface area contributed by atoms with Crippen molar-refractivity contribution in [3.8, 4) is 0 Å². The second kappa shape index (κ2) is 8.23. The molecule has 0 saturated carbocycles. The molecule has 0 aliphatic carbocycles. The maximum atomic E-state index is 3.69. The zero-order valence-electron chi connectivity index (χ0n) is 9.89. The lowest BCUT2D eigenvalue weighted by Crippen LogP contribution is -2.30. The van der Waals surface area contributed by atoms with Gasteiger partial charge in [0.25, 0.3) is 0 Å². The first-order valence-electron chi connectivity index (χ1n) is 5.55. The summed E-state index contributed by atoms with van der Waals surface area (Å²) in [5, 5.41) is 1.99. The molecule has 0 aliphatic heterocycles. The van der Waals surface area contributed by atoms with Crippen molar-refractivity contribution < 1.29 is 0 Å². The van der Waals surface area contributed by atoms with Crippen LogP contribution in [0.5, 0.6) is 0 Å². The minimum absolute atomic E-state index is 0.208. The van der Waals surface area contributed by atoms with Gasteiger partial charge in [-0.25, -0.2) is 0 Å². The Balaban J connectivity index is 2.89. The molecule has 1 aromatic rings. The highest BCUT2D eigenvalue weighted by Crippen LogP contribution is 2.35. The van der Waals surface area contributed by atoms with Crippen LogP contribution in [0.2, 0.25) is 0 Å². The molecule has 0 N–H and O–H groups in total. The second-order valence-corrected chi connectivity index (χ2v) is 7.18. The van der Waals surface area contributed by atoms with Gasteiger partial charge in [-0.15, -0.1) is 0 Å². The summed E-state index contributed by atoms with van der Waals surface area (Å²) in [4.78, 5) is 0. The van der Waals surface area contributed by atoms with Crippen molar-refractivity contribution in [1.29, 1.82) is 0 Å². The smallest absolute Gasteiger partial charge is 0.0178 e. The normalized spacial score (nSPS) is 11.8. The number of halogens is 3. The van der Waals surface area contributed by atoms with Gasteiger partial charge >= 0.3 is 0 Å². The molecule has 0 unspecified atom stereocenters. The highest BCUT2D eigenvalue weighted by molar-refractivity contribution is 9.10. The van der Waals surface area contributed by atoms with E-state index in [1.165, 1.54) is 24.2 Å². The van der Waals surface area contributed by atoms with Gasteiger partial charge in [0.05, 0.1) is 0 Å². The summed E-state index contributed by atoms with van der Waals surface area (Å²) in [6, 6.07) is 8.67. The Morgan fingerprint density at radius 1 is 1.24 bits per heavy atom. The van der Waals surface area contributed by atoms with Crippen LogP contribution in [0.25, 0.3) is 0 Å². The fraction of sp³-hybridized carbons (Fsp3) is 0.538. The number of alkyl halides is 2. The number of hydrogen-bond donors (Lipinski definition) is 0. The molecular weight excluding hydrogens is 428 g/mol. The van der Waals surface area contributed by atoms with Crippen molar-refractivity contribution in [2.24, 2.45) is 0 Å². The van der Waals surface area contributed by atoms with Crippen molar-refractivity contribution in [2.75, 3.05) is 22.7 Å². The summed E-state index contributed by atoms with van der Waals surface area (Å²) >= 11 is 12.9. The molecule has 1 rings (SSSR count). The van der Waals surface area contributed by atoms with Crippen molar-refractivity contribution in [3.63, 3.8) is 0 Å². The van der Waals surface area contributed by atoms with Crippen LogP contribution in [0.4, 0.5) is 0 Å². The molecule has 96 valence electrons. The van der Waals surface area contributed by atoms with E-state index in [0.29, 0.717) is 0 Å². The van der Waals surface area contributed by atoms with Crippen molar-refractivity contribution in [3.05, 3.63) is 34.3 Å². The van der Waals surface area contributed by atoms with E-state index in [2.05, 4.69) is 78.3 Å². The average Bonchev–Trinajstić information content (AvgIpc) is 2.35. The zero-order valence-corrected chi connectivity index (χ0v) is 15.5. The fourth-order valence-electron chi connectivity index (χ4n) is 1.84. The van der Waals surface area contributed by atoms with Gasteiger partial charge in [0.2, 0.25) is 0 Å². The van der Waals surface area contributed by atoms with Crippen molar-refractivity contribution in [2.45, 2.75) is 18.3 Å². The van der Waals surface area contributed by atoms with E-state index in [1.54, 1.807) is 0 Å². The highest BCUT2D eigenvalue weighted by Gasteiger charge is 2.29. The minimum atomic E-state index is 0.208. The first-order chi connectivity index (χ1) is 8.18. The Morgan fingerprint density at radius 2 is 1.94 bits per heavy atom. The molecule has 0 atom stereocenters. The Hall–Kier alpha value is 1.01. The molecule has 0 nitrogen and oxygen atoms in total. The van der Waals surface area contributed by atoms with Gasteiger partial charge in [-0.3, -0.25) is 0 Å². The predicted molar refractivity (Wildman–Crippen MR) is 91.0 cm³/mol. The molecule has 0 heterocycles. The molecule has 0 spiro atoms. The number of benzene rings is 1. The van der Waals surface area contributed by atoms with Crippen LogP contribution in [-0.2, 0) is 5.41 Å². The lowest BCUT2D eigenvalue weighted by molar-refractivity contribution is 0.499. The fourth-order valence-corrected chi connectivity index (χ4v) is 4.81. The quantitative estimate of drug-likeness (QED) is 0.388. The minimum Gasteiger partial charge on any atom is -0.165 e. The number of thioether (sulfide) groups is 1. The maximum absolute atomic E-state index is 3.69.